The van der Waals surface area contributed by atoms with Gasteiger partial charge in [0.2, 0.25) is 12.3 Å². The number of rotatable bonds is 9. The molecule has 1 saturated heterocycles. The number of hydrogen-bond donors (Lipinski definition) is 1. The SMILES string of the molecule is CNC(=O)/C=C\N(C=O)C1CCC(COC(=O)C2(OC3CCCCC3)CCCCC2)O1. The van der Waals surface area contributed by atoms with E-state index in [1.807, 2.05) is 0 Å². The van der Waals surface area contributed by atoms with Gasteiger partial charge in [-0.25, -0.2) is 4.79 Å². The number of hydrogen-bond acceptors (Lipinski definition) is 6. The number of ether oxygens (including phenoxy) is 3. The van der Waals surface area contributed by atoms with E-state index in [2.05, 4.69) is 5.32 Å². The molecule has 2 unspecified atom stereocenters. The van der Waals surface area contributed by atoms with Crippen molar-refractivity contribution < 1.29 is 28.6 Å². The quantitative estimate of drug-likeness (QED) is 0.339. The Kier molecular flexibility index (Phi) is 8.90. The second-order valence-electron chi connectivity index (χ2n) is 8.80. The van der Waals surface area contributed by atoms with Crippen molar-refractivity contribution in [3.63, 3.8) is 0 Å². The van der Waals surface area contributed by atoms with Crippen LogP contribution in [0.2, 0.25) is 0 Å². The van der Waals surface area contributed by atoms with Crippen LogP contribution in [0.15, 0.2) is 12.3 Å². The third-order valence-electron chi connectivity index (χ3n) is 6.56. The largest absolute Gasteiger partial charge is 0.461 e. The number of nitrogens with zero attached hydrogens (tertiary/aromatic N) is 1. The molecule has 1 aliphatic heterocycles. The van der Waals surface area contributed by atoms with Crippen LogP contribution >= 0.6 is 0 Å². The normalized spacial score (nSPS) is 26.5. The van der Waals surface area contributed by atoms with E-state index in [1.165, 1.54) is 30.6 Å². The Morgan fingerprint density at radius 3 is 2.45 bits per heavy atom. The van der Waals surface area contributed by atoms with Gasteiger partial charge in [-0.15, -0.1) is 0 Å². The minimum absolute atomic E-state index is 0.150. The Morgan fingerprint density at radius 1 is 1.06 bits per heavy atom. The molecule has 2 amide bonds. The highest BCUT2D eigenvalue weighted by Crippen LogP contribution is 2.37. The van der Waals surface area contributed by atoms with Crippen molar-refractivity contribution in [3.05, 3.63) is 12.3 Å². The first kappa shape index (κ1) is 23.7. The van der Waals surface area contributed by atoms with Crippen LogP contribution in [-0.2, 0) is 28.6 Å². The maximum Gasteiger partial charge on any atom is 0.338 e. The average molecular weight is 437 g/mol. The van der Waals surface area contributed by atoms with E-state index < -0.39 is 11.8 Å². The zero-order valence-electron chi connectivity index (χ0n) is 18.6. The van der Waals surface area contributed by atoms with Crippen molar-refractivity contribution in [1.29, 1.82) is 0 Å². The molecule has 3 rings (SSSR count). The Bertz CT molecular complexity index is 640. The topological polar surface area (TPSA) is 94.2 Å². The van der Waals surface area contributed by atoms with Crippen molar-refractivity contribution >= 4 is 18.3 Å². The number of carbonyl (C=O) groups excluding carboxylic acids is 3. The summed E-state index contributed by atoms with van der Waals surface area (Å²) >= 11 is 0. The van der Waals surface area contributed by atoms with Gasteiger partial charge in [0.05, 0.1) is 12.2 Å². The molecular formula is C23H36N2O6. The molecule has 0 spiro atoms. The van der Waals surface area contributed by atoms with Gasteiger partial charge in [0.15, 0.2) is 5.60 Å². The maximum atomic E-state index is 13.1. The standard InChI is InChI=1S/C23H36N2O6/c1-24-20(27)12-15-25(17-26)21-11-10-19(30-21)16-29-22(28)23(13-6-3-7-14-23)31-18-8-4-2-5-9-18/h12,15,17-19,21H,2-11,13-14,16H2,1H3,(H,24,27)/b15-12-. The molecule has 1 N–H and O–H groups in total. The second-order valence-corrected chi connectivity index (χ2v) is 8.80. The fourth-order valence-electron chi connectivity index (χ4n) is 4.76. The number of nitrogens with one attached hydrogen (secondary N) is 1. The highest BCUT2D eigenvalue weighted by Gasteiger charge is 2.44. The van der Waals surface area contributed by atoms with Crippen LogP contribution in [-0.4, -0.2) is 60.9 Å². The van der Waals surface area contributed by atoms with E-state index in [9.17, 15) is 14.4 Å². The van der Waals surface area contributed by atoms with E-state index in [4.69, 9.17) is 14.2 Å². The minimum atomic E-state index is -0.816. The summed E-state index contributed by atoms with van der Waals surface area (Å²) in [6.07, 6.45) is 14.2. The Hall–Kier alpha value is -1.93. The molecule has 1 heterocycles. The Balaban J connectivity index is 1.52. The van der Waals surface area contributed by atoms with Crippen LogP contribution in [0.1, 0.15) is 77.0 Å². The predicted molar refractivity (Wildman–Crippen MR) is 114 cm³/mol. The molecule has 0 aromatic rings. The molecule has 2 atom stereocenters. The first-order chi connectivity index (χ1) is 15.1. The molecule has 3 fully saturated rings. The average Bonchev–Trinajstić information content (AvgIpc) is 3.27. The van der Waals surface area contributed by atoms with Crippen molar-refractivity contribution in [2.45, 2.75) is 101 Å². The monoisotopic (exact) mass is 436 g/mol. The smallest absolute Gasteiger partial charge is 0.338 e. The van der Waals surface area contributed by atoms with Gasteiger partial charge in [-0.05, 0) is 51.4 Å². The van der Waals surface area contributed by atoms with Crippen molar-refractivity contribution in [3.8, 4) is 0 Å². The van der Waals surface area contributed by atoms with Crippen molar-refractivity contribution in [2.24, 2.45) is 0 Å². The summed E-state index contributed by atoms with van der Waals surface area (Å²) in [6.45, 7) is 0.150. The van der Waals surface area contributed by atoms with E-state index >= 15 is 0 Å². The van der Waals surface area contributed by atoms with Gasteiger partial charge in [-0.2, -0.15) is 0 Å². The maximum absolute atomic E-state index is 13.1. The summed E-state index contributed by atoms with van der Waals surface area (Å²) < 4.78 is 18.0. The van der Waals surface area contributed by atoms with Gasteiger partial charge in [-0.1, -0.05) is 25.7 Å². The lowest BCUT2D eigenvalue weighted by atomic mass is 9.84. The van der Waals surface area contributed by atoms with Crippen molar-refractivity contribution in [2.75, 3.05) is 13.7 Å². The third kappa shape index (κ3) is 6.53. The van der Waals surface area contributed by atoms with Crippen LogP contribution in [0, 0.1) is 0 Å². The number of carbonyl (C=O) groups is 3. The van der Waals surface area contributed by atoms with E-state index in [-0.39, 0.29) is 30.7 Å². The molecule has 8 nitrogen and oxygen atoms in total. The summed E-state index contributed by atoms with van der Waals surface area (Å²) in [4.78, 5) is 37.2. The van der Waals surface area contributed by atoms with Gasteiger partial charge in [0.1, 0.15) is 12.8 Å². The Morgan fingerprint density at radius 2 is 1.77 bits per heavy atom. The third-order valence-corrected chi connectivity index (χ3v) is 6.56. The first-order valence-electron chi connectivity index (χ1n) is 11.7. The van der Waals surface area contributed by atoms with Gasteiger partial charge < -0.3 is 19.5 Å². The number of likely N-dealkylation sites (N-methyl/N-ethyl adjacent to an activating group) is 1. The molecule has 0 bridgehead atoms. The summed E-state index contributed by atoms with van der Waals surface area (Å²) in [7, 11) is 1.52. The molecule has 0 aromatic heterocycles. The van der Waals surface area contributed by atoms with E-state index in [0.29, 0.717) is 19.3 Å². The number of amides is 2. The zero-order valence-corrected chi connectivity index (χ0v) is 18.6. The van der Waals surface area contributed by atoms with Crippen LogP contribution in [0.5, 0.6) is 0 Å². The molecule has 2 saturated carbocycles. The summed E-state index contributed by atoms with van der Waals surface area (Å²) in [5.41, 5.74) is -0.816. The van der Waals surface area contributed by atoms with Gasteiger partial charge in [0.25, 0.3) is 0 Å². The Labute approximate surface area is 184 Å². The fraction of sp³-hybridized carbons (Fsp3) is 0.783. The van der Waals surface area contributed by atoms with Crippen LogP contribution < -0.4 is 5.32 Å². The molecule has 2 aliphatic carbocycles. The molecule has 174 valence electrons. The minimum Gasteiger partial charge on any atom is -0.461 e. The lowest BCUT2D eigenvalue weighted by Crippen LogP contribution is -2.48. The highest BCUT2D eigenvalue weighted by molar-refractivity contribution is 5.87. The van der Waals surface area contributed by atoms with Crippen LogP contribution in [0.4, 0.5) is 0 Å². The molecule has 8 heteroatoms. The number of esters is 1. The summed E-state index contributed by atoms with van der Waals surface area (Å²) in [5.74, 6) is -0.567. The molecule has 0 aromatic carbocycles. The van der Waals surface area contributed by atoms with Crippen LogP contribution in [0.3, 0.4) is 0 Å². The van der Waals surface area contributed by atoms with Gasteiger partial charge in [0, 0.05) is 19.3 Å². The molecule has 3 aliphatic rings. The molecule has 0 radical (unpaired) electrons. The van der Waals surface area contributed by atoms with Gasteiger partial charge in [-0.3, -0.25) is 14.5 Å². The zero-order chi connectivity index (χ0) is 22.1. The highest BCUT2D eigenvalue weighted by atomic mass is 16.6. The lowest BCUT2D eigenvalue weighted by Gasteiger charge is -2.39. The first-order valence-corrected chi connectivity index (χ1v) is 11.7. The van der Waals surface area contributed by atoms with E-state index in [1.54, 1.807) is 0 Å². The van der Waals surface area contributed by atoms with E-state index in [0.717, 1.165) is 57.8 Å². The second kappa shape index (κ2) is 11.6. The molecular weight excluding hydrogens is 400 g/mol. The van der Waals surface area contributed by atoms with Crippen LogP contribution in [0.25, 0.3) is 0 Å². The molecule has 31 heavy (non-hydrogen) atoms. The fourth-order valence-corrected chi connectivity index (χ4v) is 4.76. The summed E-state index contributed by atoms with van der Waals surface area (Å²) in [6, 6.07) is 0. The van der Waals surface area contributed by atoms with Crippen molar-refractivity contribution in [1.82, 2.24) is 10.2 Å². The summed E-state index contributed by atoms with van der Waals surface area (Å²) in [5, 5.41) is 2.46. The lowest BCUT2D eigenvalue weighted by molar-refractivity contribution is -0.192. The van der Waals surface area contributed by atoms with Gasteiger partial charge >= 0.3 is 5.97 Å². The predicted octanol–water partition coefficient (Wildman–Crippen LogP) is 2.80.